The number of hydrogen-bond donors (Lipinski definition) is 1. The van der Waals surface area contributed by atoms with E-state index in [9.17, 15) is 18.0 Å². The number of carbonyl (C=O) groups is 1. The number of nitrogens with zero attached hydrogens (tertiary/aromatic N) is 2. The molecule has 0 atom stereocenters. The van der Waals surface area contributed by atoms with Crippen molar-refractivity contribution >= 4 is 33.4 Å². The summed E-state index contributed by atoms with van der Waals surface area (Å²) in [6, 6.07) is 14.6. The molecule has 0 saturated heterocycles. The summed E-state index contributed by atoms with van der Waals surface area (Å²) in [6.45, 7) is 10.1. The Hall–Kier alpha value is -3.13. The van der Waals surface area contributed by atoms with Crippen LogP contribution in [0.1, 0.15) is 40.2 Å². The molecule has 8 heteroatoms. The van der Waals surface area contributed by atoms with Crippen molar-refractivity contribution in [3.8, 4) is 11.1 Å². The van der Waals surface area contributed by atoms with Crippen LogP contribution in [-0.2, 0) is 27.7 Å². The van der Waals surface area contributed by atoms with E-state index in [1.807, 2.05) is 65.0 Å². The topological polar surface area (TPSA) is 85.7 Å². The number of aromatic nitrogens is 1. The Morgan fingerprint density at radius 1 is 1.06 bits per heavy atom. The number of amides is 1. The quantitative estimate of drug-likeness (QED) is 0.508. The standard InChI is InChI=1S/C26H32N2O5S/c1-17(2)15-27-23(28(25(30)33-6)26(3,4)5)22(19-10-8-7-9-11-19)21-14-18(16-34(31)32)12-13-20(21)24(27)29/h7-14,17,34H,15-16H2,1-6H3. The molecule has 0 N–H and O–H groups in total. The Labute approximate surface area is 201 Å². The van der Waals surface area contributed by atoms with E-state index in [0.29, 0.717) is 34.3 Å². The Kier molecular flexibility index (Phi) is 7.51. The first-order chi connectivity index (χ1) is 16.0. The van der Waals surface area contributed by atoms with Gasteiger partial charge in [0, 0.05) is 23.0 Å². The second-order valence-corrected chi connectivity index (χ2v) is 10.7. The summed E-state index contributed by atoms with van der Waals surface area (Å²) in [6.07, 6.45) is -0.584. The van der Waals surface area contributed by atoms with E-state index < -0.39 is 22.3 Å². The molecule has 3 rings (SSSR count). The fraction of sp³-hybridized carbons (Fsp3) is 0.385. The van der Waals surface area contributed by atoms with Gasteiger partial charge in [-0.3, -0.25) is 14.3 Å². The number of benzene rings is 2. The summed E-state index contributed by atoms with van der Waals surface area (Å²) in [5.74, 6) is 0.422. The smallest absolute Gasteiger partial charge is 0.415 e. The number of fused-ring (bicyclic) bond motifs is 1. The molecular weight excluding hydrogens is 452 g/mol. The monoisotopic (exact) mass is 484 g/mol. The summed E-state index contributed by atoms with van der Waals surface area (Å²) < 4.78 is 29.7. The van der Waals surface area contributed by atoms with Crippen LogP contribution in [0.3, 0.4) is 0 Å². The molecule has 34 heavy (non-hydrogen) atoms. The number of rotatable bonds is 6. The van der Waals surface area contributed by atoms with Crippen molar-refractivity contribution in [2.75, 3.05) is 12.0 Å². The first-order valence-electron chi connectivity index (χ1n) is 11.2. The minimum absolute atomic E-state index is 0.126. The Morgan fingerprint density at radius 2 is 1.71 bits per heavy atom. The normalized spacial score (nSPS) is 11.9. The number of anilines is 1. The molecule has 1 aromatic heterocycles. The first-order valence-corrected chi connectivity index (χ1v) is 12.6. The van der Waals surface area contributed by atoms with Gasteiger partial charge in [0.15, 0.2) is 0 Å². The highest BCUT2D eigenvalue weighted by atomic mass is 32.2. The van der Waals surface area contributed by atoms with E-state index in [1.165, 1.54) is 12.0 Å². The Balaban J connectivity index is 2.61. The molecule has 3 aromatic rings. The van der Waals surface area contributed by atoms with Gasteiger partial charge in [0.1, 0.15) is 16.5 Å². The lowest BCUT2D eigenvalue weighted by molar-refractivity contribution is 0.172. The van der Waals surface area contributed by atoms with E-state index in [-0.39, 0.29) is 17.2 Å². The predicted octanol–water partition coefficient (Wildman–Crippen LogP) is 4.81. The lowest BCUT2D eigenvalue weighted by Crippen LogP contribution is -2.49. The molecule has 7 nitrogen and oxygen atoms in total. The van der Waals surface area contributed by atoms with E-state index in [0.717, 1.165) is 5.56 Å². The zero-order chi connectivity index (χ0) is 25.2. The number of pyridine rings is 1. The zero-order valence-corrected chi connectivity index (χ0v) is 21.4. The van der Waals surface area contributed by atoms with Crippen LogP contribution in [0.4, 0.5) is 10.6 Å². The summed E-state index contributed by atoms with van der Waals surface area (Å²) in [5, 5.41) is 1.06. The van der Waals surface area contributed by atoms with Crippen LogP contribution in [0.5, 0.6) is 0 Å². The molecule has 0 aliphatic rings. The molecule has 0 aliphatic heterocycles. The summed E-state index contributed by atoms with van der Waals surface area (Å²) >= 11 is 0. The van der Waals surface area contributed by atoms with Crippen molar-refractivity contribution in [1.82, 2.24) is 4.57 Å². The average molecular weight is 485 g/mol. The second kappa shape index (κ2) is 10.0. The van der Waals surface area contributed by atoms with Gasteiger partial charge >= 0.3 is 6.09 Å². The SMILES string of the molecule is COC(=O)N(c1c(-c2ccccc2)c2cc(C[SH](=O)=O)ccc2c(=O)n1CC(C)C)C(C)(C)C. The molecule has 0 bridgehead atoms. The first kappa shape index (κ1) is 25.5. The van der Waals surface area contributed by atoms with Gasteiger partial charge in [0.25, 0.3) is 5.56 Å². The maximum Gasteiger partial charge on any atom is 0.415 e. The van der Waals surface area contributed by atoms with Crippen LogP contribution in [-0.4, -0.2) is 31.7 Å². The molecule has 0 unspecified atom stereocenters. The third kappa shape index (κ3) is 5.17. The van der Waals surface area contributed by atoms with Gasteiger partial charge in [-0.05, 0) is 55.3 Å². The Bertz CT molecular complexity index is 1330. The lowest BCUT2D eigenvalue weighted by atomic mass is 9.95. The van der Waals surface area contributed by atoms with Crippen LogP contribution < -0.4 is 10.5 Å². The molecule has 182 valence electrons. The number of carbonyl (C=O) groups excluding carboxylic acids is 1. The highest BCUT2D eigenvalue weighted by molar-refractivity contribution is 7.71. The van der Waals surface area contributed by atoms with E-state index in [1.54, 1.807) is 22.8 Å². The molecule has 0 saturated carbocycles. The van der Waals surface area contributed by atoms with Crippen molar-refractivity contribution in [3.05, 3.63) is 64.4 Å². The number of hydrogen-bond acceptors (Lipinski definition) is 5. The summed E-state index contributed by atoms with van der Waals surface area (Å²) in [7, 11) is -1.32. The van der Waals surface area contributed by atoms with E-state index in [2.05, 4.69) is 0 Å². The van der Waals surface area contributed by atoms with Crippen molar-refractivity contribution in [2.45, 2.75) is 52.5 Å². The lowest BCUT2D eigenvalue weighted by Gasteiger charge is -2.37. The van der Waals surface area contributed by atoms with Crippen LogP contribution in [0.2, 0.25) is 0 Å². The fourth-order valence-corrected chi connectivity index (χ4v) is 4.65. The van der Waals surface area contributed by atoms with Crippen LogP contribution >= 0.6 is 0 Å². The number of methoxy groups -OCH3 is 1. The van der Waals surface area contributed by atoms with Crippen molar-refractivity contribution < 1.29 is 17.9 Å². The second-order valence-electron chi connectivity index (χ2n) is 9.72. The van der Waals surface area contributed by atoms with Crippen molar-refractivity contribution in [2.24, 2.45) is 5.92 Å². The van der Waals surface area contributed by atoms with Gasteiger partial charge in [-0.15, -0.1) is 0 Å². The fourth-order valence-electron chi connectivity index (χ4n) is 4.15. The van der Waals surface area contributed by atoms with E-state index in [4.69, 9.17) is 4.74 Å². The van der Waals surface area contributed by atoms with Gasteiger partial charge in [0.2, 0.25) is 0 Å². The predicted molar refractivity (Wildman–Crippen MR) is 137 cm³/mol. The molecule has 0 fully saturated rings. The maximum atomic E-state index is 13.8. The summed E-state index contributed by atoms with van der Waals surface area (Å²) in [4.78, 5) is 28.5. The number of ether oxygens (including phenoxy) is 1. The van der Waals surface area contributed by atoms with Gasteiger partial charge < -0.3 is 4.74 Å². The maximum absolute atomic E-state index is 13.8. The molecular formula is C26H32N2O5S. The van der Waals surface area contributed by atoms with Gasteiger partial charge in [-0.25, -0.2) is 13.2 Å². The zero-order valence-electron chi connectivity index (χ0n) is 20.5. The molecule has 1 heterocycles. The largest absolute Gasteiger partial charge is 0.452 e. The minimum atomic E-state index is -2.64. The molecule has 0 spiro atoms. The van der Waals surface area contributed by atoms with Crippen LogP contribution in [0, 0.1) is 5.92 Å². The van der Waals surface area contributed by atoms with Crippen LogP contribution in [0.25, 0.3) is 21.9 Å². The molecule has 0 radical (unpaired) electrons. The van der Waals surface area contributed by atoms with Crippen molar-refractivity contribution in [1.29, 1.82) is 0 Å². The molecule has 1 amide bonds. The van der Waals surface area contributed by atoms with Crippen molar-refractivity contribution in [3.63, 3.8) is 0 Å². The van der Waals surface area contributed by atoms with Gasteiger partial charge in [0.05, 0.1) is 12.9 Å². The number of thiol groups is 1. The summed E-state index contributed by atoms with van der Waals surface area (Å²) in [5.41, 5.74) is 1.11. The highest BCUT2D eigenvalue weighted by Gasteiger charge is 2.35. The van der Waals surface area contributed by atoms with Crippen LogP contribution in [0.15, 0.2) is 53.3 Å². The molecule has 2 aromatic carbocycles. The Morgan fingerprint density at radius 3 is 2.24 bits per heavy atom. The third-order valence-electron chi connectivity index (χ3n) is 5.47. The molecule has 0 aliphatic carbocycles. The van der Waals surface area contributed by atoms with Gasteiger partial charge in [-0.1, -0.05) is 50.2 Å². The third-order valence-corrected chi connectivity index (χ3v) is 6.09. The minimum Gasteiger partial charge on any atom is -0.452 e. The average Bonchev–Trinajstić information content (AvgIpc) is 2.75. The van der Waals surface area contributed by atoms with E-state index >= 15 is 0 Å². The van der Waals surface area contributed by atoms with Gasteiger partial charge in [-0.2, -0.15) is 0 Å². The highest BCUT2D eigenvalue weighted by Crippen LogP contribution is 2.39.